The second-order valence-corrected chi connectivity index (χ2v) is 8.13. The van der Waals surface area contributed by atoms with E-state index in [1.54, 1.807) is 23.1 Å². The highest BCUT2D eigenvalue weighted by Crippen LogP contribution is 2.30. The van der Waals surface area contributed by atoms with E-state index in [9.17, 15) is 9.59 Å². The van der Waals surface area contributed by atoms with Crippen molar-refractivity contribution < 1.29 is 23.5 Å². The van der Waals surface area contributed by atoms with Gasteiger partial charge in [0.1, 0.15) is 11.1 Å². The summed E-state index contributed by atoms with van der Waals surface area (Å²) in [7, 11) is 1.34. The fourth-order valence-electron chi connectivity index (χ4n) is 3.50. The van der Waals surface area contributed by atoms with Crippen molar-refractivity contribution in [2.45, 2.75) is 52.3 Å². The van der Waals surface area contributed by atoms with Gasteiger partial charge in [0, 0.05) is 25.2 Å². The summed E-state index contributed by atoms with van der Waals surface area (Å²) >= 11 is 0. The molecule has 1 aromatic heterocycles. The van der Waals surface area contributed by atoms with Gasteiger partial charge in [-0.2, -0.15) is 4.98 Å². The molecule has 8 heteroatoms. The molecule has 1 aliphatic heterocycles. The zero-order chi connectivity index (χ0) is 20.6. The number of oxazole rings is 1. The molecule has 1 aliphatic rings. The summed E-state index contributed by atoms with van der Waals surface area (Å²) in [5, 5.41) is 0. The van der Waals surface area contributed by atoms with Crippen LogP contribution in [0, 0.1) is 0 Å². The van der Waals surface area contributed by atoms with Gasteiger partial charge in [0.15, 0.2) is 5.58 Å². The van der Waals surface area contributed by atoms with E-state index in [2.05, 4.69) is 4.98 Å². The van der Waals surface area contributed by atoms with Gasteiger partial charge in [-0.3, -0.25) is 0 Å². The van der Waals surface area contributed by atoms with Gasteiger partial charge in [0.05, 0.1) is 12.7 Å². The Bertz CT molecular complexity index is 874. The number of methoxy groups -OCH3 is 1. The van der Waals surface area contributed by atoms with Gasteiger partial charge < -0.3 is 23.7 Å². The molecule has 3 rings (SSSR count). The van der Waals surface area contributed by atoms with Crippen LogP contribution in [0.5, 0.6) is 0 Å². The monoisotopic (exact) mass is 389 g/mol. The number of rotatable bonds is 2. The molecule has 2 heterocycles. The average molecular weight is 389 g/mol. The summed E-state index contributed by atoms with van der Waals surface area (Å²) in [6, 6.07) is 5.52. The minimum absolute atomic E-state index is 0.0362. The molecule has 0 aliphatic carbocycles. The van der Waals surface area contributed by atoms with Crippen molar-refractivity contribution in [3.63, 3.8) is 0 Å². The molecule has 1 fully saturated rings. The highest BCUT2D eigenvalue weighted by molar-refractivity contribution is 6.01. The summed E-state index contributed by atoms with van der Waals surface area (Å²) in [6.45, 7) is 10.5. The molecular weight excluding hydrogens is 362 g/mol. The predicted octanol–water partition coefficient (Wildman–Crippen LogP) is 3.45. The van der Waals surface area contributed by atoms with Gasteiger partial charge in [-0.15, -0.1) is 0 Å². The molecule has 152 valence electrons. The first-order valence-electron chi connectivity index (χ1n) is 9.35. The van der Waals surface area contributed by atoms with Crippen molar-refractivity contribution in [1.29, 1.82) is 0 Å². The standard InChI is InChI=1S/C20H27N3O5/c1-12-10-22(19(25)28-20(3,4)5)11-13(2)23(12)18-21-16-14(17(24)26-6)8-7-9-15(16)27-18/h7-9,12-13H,10-11H2,1-6H3/t12-,13+. The second kappa shape index (κ2) is 7.33. The van der Waals surface area contributed by atoms with Crippen LogP contribution in [0.3, 0.4) is 0 Å². The van der Waals surface area contributed by atoms with Crippen LogP contribution in [-0.4, -0.2) is 59.8 Å². The SMILES string of the molecule is COC(=O)c1cccc2oc(N3[C@H](C)CN(C(=O)OC(C)(C)C)C[C@@H]3C)nc12. The van der Waals surface area contributed by atoms with Crippen LogP contribution >= 0.6 is 0 Å². The fourth-order valence-corrected chi connectivity index (χ4v) is 3.50. The zero-order valence-corrected chi connectivity index (χ0v) is 17.2. The molecule has 1 saturated heterocycles. The molecular formula is C20H27N3O5. The summed E-state index contributed by atoms with van der Waals surface area (Å²) in [5.41, 5.74) is 0.818. The number of anilines is 1. The number of nitrogens with zero attached hydrogens (tertiary/aromatic N) is 3. The van der Waals surface area contributed by atoms with Crippen LogP contribution in [0.15, 0.2) is 22.6 Å². The summed E-state index contributed by atoms with van der Waals surface area (Å²) in [6.07, 6.45) is -0.323. The number of amides is 1. The van der Waals surface area contributed by atoms with E-state index < -0.39 is 11.6 Å². The zero-order valence-electron chi connectivity index (χ0n) is 17.2. The van der Waals surface area contributed by atoms with Crippen molar-refractivity contribution in [2.24, 2.45) is 0 Å². The Hall–Kier alpha value is -2.77. The van der Waals surface area contributed by atoms with Crippen LogP contribution in [0.4, 0.5) is 10.8 Å². The third kappa shape index (κ3) is 3.90. The van der Waals surface area contributed by atoms with Crippen LogP contribution in [-0.2, 0) is 9.47 Å². The molecule has 2 aromatic rings. The minimum Gasteiger partial charge on any atom is -0.465 e. The Morgan fingerprint density at radius 1 is 1.18 bits per heavy atom. The van der Waals surface area contributed by atoms with Gasteiger partial charge in [-0.1, -0.05) is 6.07 Å². The molecule has 0 N–H and O–H groups in total. The first kappa shape index (κ1) is 20.0. The number of fused-ring (bicyclic) bond motifs is 1. The lowest BCUT2D eigenvalue weighted by atomic mass is 10.1. The van der Waals surface area contributed by atoms with E-state index in [1.807, 2.05) is 39.5 Å². The fraction of sp³-hybridized carbons (Fsp3) is 0.550. The van der Waals surface area contributed by atoms with Gasteiger partial charge in [-0.25, -0.2) is 9.59 Å². The number of esters is 1. The maximum atomic E-state index is 12.4. The van der Waals surface area contributed by atoms with Crippen LogP contribution in [0.2, 0.25) is 0 Å². The van der Waals surface area contributed by atoms with Gasteiger partial charge >= 0.3 is 12.1 Å². The molecule has 0 saturated carbocycles. The number of hydrogen-bond donors (Lipinski definition) is 0. The molecule has 8 nitrogen and oxygen atoms in total. The Morgan fingerprint density at radius 3 is 2.39 bits per heavy atom. The largest absolute Gasteiger partial charge is 0.465 e. The number of para-hydroxylation sites is 1. The second-order valence-electron chi connectivity index (χ2n) is 8.13. The lowest BCUT2D eigenvalue weighted by Crippen LogP contribution is -2.59. The van der Waals surface area contributed by atoms with E-state index in [0.29, 0.717) is 35.8 Å². The quantitative estimate of drug-likeness (QED) is 0.727. The molecule has 0 radical (unpaired) electrons. The maximum absolute atomic E-state index is 12.4. The number of carbonyl (C=O) groups is 2. The smallest absolute Gasteiger partial charge is 0.410 e. The molecule has 1 aromatic carbocycles. The molecule has 0 bridgehead atoms. The lowest BCUT2D eigenvalue weighted by molar-refractivity contribution is 0.0189. The van der Waals surface area contributed by atoms with E-state index in [1.165, 1.54) is 7.11 Å². The Morgan fingerprint density at radius 2 is 1.82 bits per heavy atom. The van der Waals surface area contributed by atoms with Gasteiger partial charge in [-0.05, 0) is 46.8 Å². The van der Waals surface area contributed by atoms with Crippen molar-refractivity contribution in [2.75, 3.05) is 25.1 Å². The van der Waals surface area contributed by atoms with Crippen LogP contribution in [0.1, 0.15) is 45.0 Å². The van der Waals surface area contributed by atoms with Crippen molar-refractivity contribution in [1.82, 2.24) is 9.88 Å². The predicted molar refractivity (Wildman–Crippen MR) is 105 cm³/mol. The summed E-state index contributed by atoms with van der Waals surface area (Å²) in [5.74, 6) is -0.457. The summed E-state index contributed by atoms with van der Waals surface area (Å²) < 4.78 is 16.3. The third-order valence-corrected chi connectivity index (χ3v) is 4.60. The third-order valence-electron chi connectivity index (χ3n) is 4.60. The number of carbonyl (C=O) groups excluding carboxylic acids is 2. The van der Waals surface area contributed by atoms with Gasteiger partial charge in [0.25, 0.3) is 6.01 Å². The number of piperazine rings is 1. The van der Waals surface area contributed by atoms with E-state index in [-0.39, 0.29) is 18.2 Å². The van der Waals surface area contributed by atoms with Crippen LogP contribution < -0.4 is 4.90 Å². The minimum atomic E-state index is -0.536. The highest BCUT2D eigenvalue weighted by Gasteiger charge is 2.36. The highest BCUT2D eigenvalue weighted by atomic mass is 16.6. The summed E-state index contributed by atoms with van der Waals surface area (Å²) in [4.78, 5) is 32.7. The Balaban J connectivity index is 1.85. The van der Waals surface area contributed by atoms with Gasteiger partial charge in [0.2, 0.25) is 0 Å². The van der Waals surface area contributed by atoms with Crippen molar-refractivity contribution in [3.8, 4) is 0 Å². The molecule has 28 heavy (non-hydrogen) atoms. The average Bonchev–Trinajstić information content (AvgIpc) is 3.02. The van der Waals surface area contributed by atoms with Crippen molar-refractivity contribution >= 4 is 29.2 Å². The first-order valence-corrected chi connectivity index (χ1v) is 9.35. The molecule has 1 amide bonds. The number of hydrogen-bond acceptors (Lipinski definition) is 7. The van der Waals surface area contributed by atoms with Crippen molar-refractivity contribution in [3.05, 3.63) is 23.8 Å². The van der Waals surface area contributed by atoms with E-state index >= 15 is 0 Å². The molecule has 0 spiro atoms. The van der Waals surface area contributed by atoms with Crippen LogP contribution in [0.25, 0.3) is 11.1 Å². The van der Waals surface area contributed by atoms with E-state index in [0.717, 1.165) is 0 Å². The maximum Gasteiger partial charge on any atom is 0.410 e. The lowest BCUT2D eigenvalue weighted by Gasteiger charge is -2.43. The molecule has 0 unspecified atom stereocenters. The van der Waals surface area contributed by atoms with E-state index in [4.69, 9.17) is 13.9 Å². The topological polar surface area (TPSA) is 85.1 Å². The number of ether oxygens (including phenoxy) is 2. The number of aromatic nitrogens is 1. The Labute approximate surface area is 164 Å². The molecule has 2 atom stereocenters. The first-order chi connectivity index (χ1) is 13.1. The number of benzene rings is 1. The normalized spacial score (nSPS) is 20.4. The Kier molecular flexibility index (Phi) is 5.23.